The number of rotatable bonds is 23. The van der Waals surface area contributed by atoms with Gasteiger partial charge >= 0.3 is 19.8 Å². The maximum atomic E-state index is 11.9. The first-order valence-corrected chi connectivity index (χ1v) is 14.2. The fraction of sp³-hybridized carbons (Fsp3) is 0.833. The Balaban J connectivity index is 3.83. The summed E-state index contributed by atoms with van der Waals surface area (Å²) in [5.41, 5.74) is 0. The van der Waals surface area contributed by atoms with Crippen LogP contribution in [0.3, 0.4) is 0 Å². The number of carbonyl (C=O) groups excluding carboxylic acids is 2. The van der Waals surface area contributed by atoms with Crippen molar-refractivity contribution in [1.29, 1.82) is 0 Å². The third-order valence-electron chi connectivity index (χ3n) is 5.33. The number of aliphatic hydroxyl groups is 2. The summed E-state index contributed by atoms with van der Waals surface area (Å²) in [6.07, 6.45) is 18.5. The number of allylic oxidation sites excluding steroid dienone is 2. The zero-order valence-electron chi connectivity index (χ0n) is 20.6. The van der Waals surface area contributed by atoms with Crippen molar-refractivity contribution in [2.75, 3.05) is 19.8 Å². The molecule has 200 valence electrons. The van der Waals surface area contributed by atoms with Crippen molar-refractivity contribution >= 4 is 19.7 Å². The third kappa shape index (κ3) is 18.4. The molecular formula is C24H46O9P+. The first-order valence-electron chi connectivity index (χ1n) is 12.5. The Morgan fingerprint density at radius 1 is 0.824 bits per heavy atom. The van der Waals surface area contributed by atoms with E-state index in [0.29, 0.717) is 6.42 Å². The van der Waals surface area contributed by atoms with E-state index in [9.17, 15) is 29.4 Å². The molecule has 2 atom stereocenters. The molecule has 0 fully saturated rings. The molecule has 0 aliphatic rings. The lowest BCUT2D eigenvalue weighted by Gasteiger charge is -2.20. The Kier molecular flexibility index (Phi) is 20.8. The number of hydrogen-bond donors (Lipinski definition) is 5. The molecule has 0 bridgehead atoms. The first-order chi connectivity index (χ1) is 16.3. The Morgan fingerprint density at radius 3 is 1.85 bits per heavy atom. The number of Topliss-reactive ketones (excluding diaryl/α,β-unsaturated/α-hetero) is 1. The number of carbonyl (C=O) groups is 2. The van der Waals surface area contributed by atoms with Crippen molar-refractivity contribution in [1.82, 2.24) is 0 Å². The summed E-state index contributed by atoms with van der Waals surface area (Å²) in [6.45, 7) is 0.0290. The molecule has 0 aromatic carbocycles. The van der Waals surface area contributed by atoms with E-state index in [0.717, 1.165) is 38.5 Å². The number of hydrogen-bond acceptors (Lipinski definition) is 9. The molecule has 10 heteroatoms. The molecule has 0 aliphatic heterocycles. The summed E-state index contributed by atoms with van der Waals surface area (Å²) < 4.78 is 9.96. The highest BCUT2D eigenvalue weighted by atomic mass is 31.2. The van der Waals surface area contributed by atoms with Crippen LogP contribution in [0.25, 0.3) is 0 Å². The van der Waals surface area contributed by atoms with Gasteiger partial charge in [0.2, 0.25) is 5.78 Å². The van der Waals surface area contributed by atoms with Crippen molar-refractivity contribution in [3.05, 3.63) is 12.2 Å². The number of unbranched alkanes of at least 4 members (excludes halogenated alkanes) is 11. The lowest BCUT2D eigenvalue weighted by atomic mass is 10.1. The summed E-state index contributed by atoms with van der Waals surface area (Å²) in [6, 6.07) is 0. The second-order valence-electron chi connectivity index (χ2n) is 8.55. The number of ketones is 1. The van der Waals surface area contributed by atoms with Crippen molar-refractivity contribution in [2.24, 2.45) is 0 Å². The SMILES string of the molecule is CCCCCCCCC=CCCCCCCCC(=O)O[C@@H](CO)COC(C(=O)CO)[P+](O)(O)O. The average Bonchev–Trinajstić information content (AvgIpc) is 2.79. The van der Waals surface area contributed by atoms with Gasteiger partial charge < -0.3 is 19.7 Å². The number of ether oxygens (including phenoxy) is 2. The van der Waals surface area contributed by atoms with Crippen LogP contribution >= 0.6 is 7.94 Å². The predicted molar refractivity (Wildman–Crippen MR) is 132 cm³/mol. The van der Waals surface area contributed by atoms with E-state index in [4.69, 9.17) is 14.6 Å². The maximum Gasteiger partial charge on any atom is 0.443 e. The van der Waals surface area contributed by atoms with E-state index in [-0.39, 0.29) is 6.42 Å². The highest BCUT2D eigenvalue weighted by molar-refractivity contribution is 7.60. The van der Waals surface area contributed by atoms with Gasteiger partial charge in [0.05, 0.1) is 13.2 Å². The highest BCUT2D eigenvalue weighted by Crippen LogP contribution is 2.51. The Hall–Kier alpha value is -0.930. The van der Waals surface area contributed by atoms with E-state index in [2.05, 4.69) is 19.1 Å². The van der Waals surface area contributed by atoms with Crippen LogP contribution in [0.2, 0.25) is 0 Å². The van der Waals surface area contributed by atoms with Gasteiger partial charge in [-0.15, -0.1) is 0 Å². The smallest absolute Gasteiger partial charge is 0.443 e. The van der Waals surface area contributed by atoms with Crippen LogP contribution in [0.15, 0.2) is 12.2 Å². The molecule has 5 N–H and O–H groups in total. The molecule has 9 nitrogen and oxygen atoms in total. The largest absolute Gasteiger partial charge is 0.457 e. The van der Waals surface area contributed by atoms with Gasteiger partial charge in [0, 0.05) is 6.42 Å². The molecule has 0 aromatic heterocycles. The van der Waals surface area contributed by atoms with Crippen LogP contribution in [0.1, 0.15) is 96.8 Å². The van der Waals surface area contributed by atoms with Crippen LogP contribution in [-0.4, -0.2) is 68.4 Å². The Morgan fingerprint density at radius 2 is 1.35 bits per heavy atom. The van der Waals surface area contributed by atoms with Crippen molar-refractivity contribution in [3.63, 3.8) is 0 Å². The Labute approximate surface area is 204 Å². The van der Waals surface area contributed by atoms with Crippen LogP contribution in [0.4, 0.5) is 0 Å². The molecule has 0 aromatic rings. The van der Waals surface area contributed by atoms with Crippen LogP contribution in [0.5, 0.6) is 0 Å². The minimum absolute atomic E-state index is 0.171. The fourth-order valence-corrected chi connectivity index (χ4v) is 4.13. The predicted octanol–water partition coefficient (Wildman–Crippen LogP) is 3.57. The van der Waals surface area contributed by atoms with Crippen LogP contribution in [0, 0.1) is 0 Å². The summed E-state index contributed by atoms with van der Waals surface area (Å²) in [5, 5.41) is 18.1. The average molecular weight is 510 g/mol. The summed E-state index contributed by atoms with van der Waals surface area (Å²) >= 11 is 0. The third-order valence-corrected chi connectivity index (χ3v) is 6.40. The van der Waals surface area contributed by atoms with Gasteiger partial charge in [-0.3, -0.25) is 9.59 Å². The monoisotopic (exact) mass is 509 g/mol. The Bertz CT molecular complexity index is 549. The summed E-state index contributed by atoms with van der Waals surface area (Å²) in [5.74, 6) is -3.71. The molecule has 0 saturated carbocycles. The molecule has 0 amide bonds. The highest BCUT2D eigenvalue weighted by Gasteiger charge is 2.49. The standard InChI is InChI=1S/C24H46O9P/c1-2-3-4-5-6-7-8-9-10-11-12-13-14-15-16-17-23(28)33-21(18-25)20-32-24(22(27)19-26)34(29,30)31/h9-10,21,24-26,29-31H,2-8,11-20H2,1H3/q+1/t21-,24?/m0/s1. The minimum atomic E-state index is -4.70. The van der Waals surface area contributed by atoms with Gasteiger partial charge in [-0.25, -0.2) is 0 Å². The van der Waals surface area contributed by atoms with E-state index in [1.54, 1.807) is 0 Å². The quantitative estimate of drug-likeness (QED) is 0.0602. The van der Waals surface area contributed by atoms with E-state index >= 15 is 0 Å². The number of esters is 1. The topological polar surface area (TPSA) is 154 Å². The molecule has 0 spiro atoms. The number of aliphatic hydroxyl groups excluding tert-OH is 2. The van der Waals surface area contributed by atoms with Gasteiger partial charge in [0.1, 0.15) is 12.7 Å². The first kappa shape index (κ1) is 33.1. The minimum Gasteiger partial charge on any atom is -0.457 e. The van der Waals surface area contributed by atoms with Gasteiger partial charge in [-0.05, 0) is 32.1 Å². The normalized spacial score (nSPS) is 13.8. The van der Waals surface area contributed by atoms with Gasteiger partial charge in [-0.2, -0.15) is 14.7 Å². The zero-order valence-corrected chi connectivity index (χ0v) is 21.5. The maximum absolute atomic E-state index is 11.9. The van der Waals surface area contributed by atoms with Gasteiger partial charge in [-0.1, -0.05) is 70.4 Å². The molecule has 0 aliphatic carbocycles. The molecule has 34 heavy (non-hydrogen) atoms. The molecule has 0 saturated heterocycles. The van der Waals surface area contributed by atoms with E-state index in [1.165, 1.54) is 38.5 Å². The van der Waals surface area contributed by atoms with Crippen molar-refractivity contribution in [2.45, 2.75) is 109 Å². The lowest BCUT2D eigenvalue weighted by molar-refractivity contribution is -0.156. The summed E-state index contributed by atoms with van der Waals surface area (Å²) in [4.78, 5) is 51.1. The van der Waals surface area contributed by atoms with Crippen molar-refractivity contribution in [3.8, 4) is 0 Å². The van der Waals surface area contributed by atoms with Crippen LogP contribution < -0.4 is 0 Å². The molecule has 1 unspecified atom stereocenters. The van der Waals surface area contributed by atoms with Gasteiger partial charge in [0.25, 0.3) is 0 Å². The second kappa shape index (κ2) is 21.4. The molecular weight excluding hydrogens is 463 g/mol. The van der Waals surface area contributed by atoms with E-state index in [1.807, 2.05) is 0 Å². The van der Waals surface area contributed by atoms with Crippen LogP contribution in [-0.2, 0) is 19.1 Å². The molecule has 0 rings (SSSR count). The zero-order chi connectivity index (χ0) is 25.7. The van der Waals surface area contributed by atoms with Crippen molar-refractivity contribution < 1.29 is 44.0 Å². The summed E-state index contributed by atoms with van der Waals surface area (Å²) in [7, 11) is -4.70. The lowest BCUT2D eigenvalue weighted by Crippen LogP contribution is -2.35. The van der Waals surface area contributed by atoms with Gasteiger partial charge in [0.15, 0.2) is 0 Å². The molecule has 0 radical (unpaired) electrons. The fourth-order valence-electron chi connectivity index (χ4n) is 3.37. The second-order valence-corrected chi connectivity index (χ2v) is 10.3. The molecule has 0 heterocycles. The van der Waals surface area contributed by atoms with E-state index < -0.39 is 51.5 Å².